The Morgan fingerprint density at radius 1 is 1.21 bits per heavy atom. The smallest absolute Gasteiger partial charge is 0.407 e. The molecule has 0 spiro atoms. The molecular formula is C19H27NO3S. The summed E-state index contributed by atoms with van der Waals surface area (Å²) in [7, 11) is 0. The van der Waals surface area contributed by atoms with Crippen molar-refractivity contribution in [2.45, 2.75) is 58.1 Å². The molecule has 1 aromatic carbocycles. The summed E-state index contributed by atoms with van der Waals surface area (Å²) in [5.74, 6) is 1.26. The third-order valence-electron chi connectivity index (χ3n) is 4.37. The van der Waals surface area contributed by atoms with Gasteiger partial charge >= 0.3 is 6.09 Å². The normalized spacial score (nSPS) is 16.4. The van der Waals surface area contributed by atoms with Gasteiger partial charge in [-0.25, -0.2) is 4.79 Å². The lowest BCUT2D eigenvalue weighted by atomic mass is 9.85. The number of thioether (sulfide) groups is 1. The first kappa shape index (κ1) is 18.8. The van der Waals surface area contributed by atoms with Crippen molar-refractivity contribution in [2.75, 3.05) is 5.75 Å². The van der Waals surface area contributed by atoms with E-state index in [2.05, 4.69) is 5.32 Å². The first-order valence-corrected chi connectivity index (χ1v) is 9.72. The lowest BCUT2D eigenvalue weighted by molar-refractivity contribution is -0.109. The summed E-state index contributed by atoms with van der Waals surface area (Å²) in [5.41, 5.74) is 0.967. The van der Waals surface area contributed by atoms with Crippen molar-refractivity contribution in [3.05, 3.63) is 35.9 Å². The van der Waals surface area contributed by atoms with Crippen molar-refractivity contribution in [3.8, 4) is 0 Å². The van der Waals surface area contributed by atoms with Gasteiger partial charge in [0.2, 0.25) is 0 Å². The number of rotatable bonds is 7. The quantitative estimate of drug-likeness (QED) is 0.785. The Morgan fingerprint density at radius 2 is 1.92 bits per heavy atom. The summed E-state index contributed by atoms with van der Waals surface area (Å²) in [6, 6.07) is 9.63. The fourth-order valence-electron chi connectivity index (χ4n) is 3.14. The molecule has 1 aromatic rings. The van der Waals surface area contributed by atoms with E-state index in [-0.39, 0.29) is 17.8 Å². The molecule has 0 radical (unpaired) electrons. The molecule has 0 aromatic heterocycles. The largest absolute Gasteiger partial charge is 0.445 e. The van der Waals surface area contributed by atoms with Gasteiger partial charge in [0.25, 0.3) is 0 Å². The van der Waals surface area contributed by atoms with Crippen molar-refractivity contribution in [1.29, 1.82) is 0 Å². The maximum absolute atomic E-state index is 12.1. The van der Waals surface area contributed by atoms with Crippen LogP contribution in [-0.2, 0) is 16.1 Å². The summed E-state index contributed by atoms with van der Waals surface area (Å²) in [6.07, 6.45) is 6.84. The van der Waals surface area contributed by atoms with Crippen LogP contribution < -0.4 is 5.32 Å². The molecule has 1 aliphatic carbocycles. The number of ether oxygens (including phenoxy) is 1. The topological polar surface area (TPSA) is 55.4 Å². The first-order valence-electron chi connectivity index (χ1n) is 8.74. The van der Waals surface area contributed by atoms with Crippen LogP contribution in [0.5, 0.6) is 0 Å². The van der Waals surface area contributed by atoms with Gasteiger partial charge in [0, 0.05) is 18.7 Å². The second-order valence-corrected chi connectivity index (χ2v) is 7.64. The van der Waals surface area contributed by atoms with Crippen molar-refractivity contribution in [2.24, 2.45) is 5.92 Å². The van der Waals surface area contributed by atoms with Crippen molar-refractivity contribution in [3.63, 3.8) is 0 Å². The van der Waals surface area contributed by atoms with Crippen LogP contribution in [-0.4, -0.2) is 23.0 Å². The van der Waals surface area contributed by atoms with Gasteiger partial charge in [0.15, 0.2) is 5.12 Å². The van der Waals surface area contributed by atoms with Crippen LogP contribution in [0, 0.1) is 5.92 Å². The second-order valence-electron chi connectivity index (χ2n) is 6.45. The van der Waals surface area contributed by atoms with Crippen LogP contribution in [0.15, 0.2) is 30.3 Å². The SMILES string of the molecule is CC(=O)SC[C@H](CC1CCCCC1)NC(=O)OCc1ccccc1. The number of amides is 1. The Labute approximate surface area is 148 Å². The number of carbonyl (C=O) groups excluding carboxylic acids is 2. The van der Waals surface area contributed by atoms with Crippen molar-refractivity contribution >= 4 is 23.0 Å². The zero-order chi connectivity index (χ0) is 17.2. The molecule has 0 unspecified atom stereocenters. The Morgan fingerprint density at radius 3 is 2.58 bits per heavy atom. The lowest BCUT2D eigenvalue weighted by Crippen LogP contribution is -2.39. The van der Waals surface area contributed by atoms with Gasteiger partial charge in [0.05, 0.1) is 0 Å². The fourth-order valence-corrected chi connectivity index (χ4v) is 3.80. The van der Waals surface area contributed by atoms with Crippen LogP contribution in [0.3, 0.4) is 0 Å². The van der Waals surface area contributed by atoms with E-state index in [0.717, 1.165) is 12.0 Å². The van der Waals surface area contributed by atoms with E-state index in [1.807, 2.05) is 30.3 Å². The minimum absolute atomic E-state index is 0.00901. The summed E-state index contributed by atoms with van der Waals surface area (Å²) in [6.45, 7) is 1.83. The highest BCUT2D eigenvalue weighted by molar-refractivity contribution is 8.13. The second kappa shape index (κ2) is 10.4. The molecule has 132 valence electrons. The summed E-state index contributed by atoms with van der Waals surface area (Å²) >= 11 is 1.28. The number of hydrogen-bond donors (Lipinski definition) is 1. The molecule has 1 amide bonds. The van der Waals surface area contributed by atoms with Crippen LogP contribution in [0.2, 0.25) is 0 Å². The molecule has 1 fully saturated rings. The average molecular weight is 349 g/mol. The molecule has 24 heavy (non-hydrogen) atoms. The average Bonchev–Trinajstić information content (AvgIpc) is 2.60. The zero-order valence-electron chi connectivity index (χ0n) is 14.3. The van der Waals surface area contributed by atoms with Gasteiger partial charge in [-0.3, -0.25) is 4.79 Å². The van der Waals surface area contributed by atoms with E-state index in [0.29, 0.717) is 11.7 Å². The molecule has 1 N–H and O–H groups in total. The molecule has 1 aliphatic rings. The minimum Gasteiger partial charge on any atom is -0.445 e. The maximum atomic E-state index is 12.1. The number of alkyl carbamates (subject to hydrolysis) is 1. The summed E-state index contributed by atoms with van der Waals surface area (Å²) < 4.78 is 5.31. The molecule has 2 rings (SSSR count). The maximum Gasteiger partial charge on any atom is 0.407 e. The molecule has 0 bridgehead atoms. The van der Waals surface area contributed by atoms with Crippen molar-refractivity contribution in [1.82, 2.24) is 5.32 Å². The Balaban J connectivity index is 1.80. The number of hydrogen-bond acceptors (Lipinski definition) is 4. The molecule has 0 saturated heterocycles. The number of carbonyl (C=O) groups is 2. The predicted octanol–water partition coefficient (Wildman–Crippen LogP) is 4.53. The van der Waals surface area contributed by atoms with E-state index in [9.17, 15) is 9.59 Å². The molecule has 5 heteroatoms. The lowest BCUT2D eigenvalue weighted by Gasteiger charge is -2.26. The standard InChI is InChI=1S/C19H27NO3S/c1-15(21)24-14-18(12-16-8-4-2-5-9-16)20-19(22)23-13-17-10-6-3-7-11-17/h3,6-7,10-11,16,18H,2,4-5,8-9,12-14H2,1H3,(H,20,22)/t18-/m0/s1. The van der Waals surface area contributed by atoms with Crippen LogP contribution in [0.4, 0.5) is 4.79 Å². The van der Waals surface area contributed by atoms with E-state index < -0.39 is 6.09 Å². The zero-order valence-corrected chi connectivity index (χ0v) is 15.1. The summed E-state index contributed by atoms with van der Waals surface area (Å²) in [4.78, 5) is 23.3. The first-order chi connectivity index (χ1) is 11.6. The number of nitrogens with one attached hydrogen (secondary N) is 1. The van der Waals surface area contributed by atoms with Gasteiger partial charge < -0.3 is 10.1 Å². The summed E-state index contributed by atoms with van der Waals surface area (Å²) in [5, 5.41) is 3.04. The van der Waals surface area contributed by atoms with Gasteiger partial charge in [-0.05, 0) is 17.9 Å². The molecule has 1 saturated carbocycles. The van der Waals surface area contributed by atoms with E-state index >= 15 is 0 Å². The fraction of sp³-hybridized carbons (Fsp3) is 0.579. The predicted molar refractivity (Wildman–Crippen MR) is 97.9 cm³/mol. The van der Waals surface area contributed by atoms with Gasteiger partial charge in [-0.1, -0.05) is 74.2 Å². The Kier molecular flexibility index (Phi) is 8.16. The highest BCUT2D eigenvalue weighted by atomic mass is 32.2. The van der Waals surface area contributed by atoms with E-state index in [1.165, 1.54) is 43.9 Å². The number of benzene rings is 1. The van der Waals surface area contributed by atoms with Crippen LogP contribution in [0.25, 0.3) is 0 Å². The van der Waals surface area contributed by atoms with E-state index in [1.54, 1.807) is 6.92 Å². The van der Waals surface area contributed by atoms with Crippen LogP contribution >= 0.6 is 11.8 Å². The highest BCUT2D eigenvalue weighted by Gasteiger charge is 2.21. The minimum atomic E-state index is -0.399. The third-order valence-corrected chi connectivity index (χ3v) is 5.34. The molecular weight excluding hydrogens is 322 g/mol. The molecule has 4 nitrogen and oxygen atoms in total. The van der Waals surface area contributed by atoms with Crippen LogP contribution in [0.1, 0.15) is 51.0 Å². The Hall–Kier alpha value is -1.49. The Bertz CT molecular complexity index is 515. The van der Waals surface area contributed by atoms with Gasteiger partial charge in [-0.2, -0.15) is 0 Å². The third kappa shape index (κ3) is 7.39. The highest BCUT2D eigenvalue weighted by Crippen LogP contribution is 2.28. The van der Waals surface area contributed by atoms with Gasteiger partial charge in [-0.15, -0.1) is 0 Å². The molecule has 0 aliphatic heterocycles. The van der Waals surface area contributed by atoms with E-state index in [4.69, 9.17) is 4.74 Å². The van der Waals surface area contributed by atoms with Crippen molar-refractivity contribution < 1.29 is 14.3 Å². The molecule has 1 atom stereocenters. The molecule has 0 heterocycles. The monoisotopic (exact) mass is 349 g/mol. The van der Waals surface area contributed by atoms with Gasteiger partial charge in [0.1, 0.15) is 6.61 Å².